The number of nitrogens with zero attached hydrogens (tertiary/aromatic N) is 1. The fraction of sp³-hybridized carbons (Fsp3) is 0.368. The van der Waals surface area contributed by atoms with Crippen LogP contribution in [0.4, 0.5) is 0 Å². The summed E-state index contributed by atoms with van der Waals surface area (Å²) in [6.45, 7) is 2.93. The first-order valence-corrected chi connectivity index (χ1v) is 9.04. The van der Waals surface area contributed by atoms with Crippen LogP contribution in [0.15, 0.2) is 36.4 Å². The molecule has 1 aromatic heterocycles. The number of aromatic carboxylic acids is 1. The Bertz CT molecular complexity index is 735. The molecule has 4 nitrogen and oxygen atoms in total. The summed E-state index contributed by atoms with van der Waals surface area (Å²) in [6.07, 6.45) is 3.21. The van der Waals surface area contributed by atoms with Gasteiger partial charge in [0.1, 0.15) is 0 Å². The lowest BCUT2D eigenvalue weighted by Crippen LogP contribution is -2.30. The Hall–Kier alpha value is -2.14. The number of aryl methyl sites for hydroxylation is 2. The molecule has 1 amide bonds. The Morgan fingerprint density at radius 1 is 1.21 bits per heavy atom. The largest absolute Gasteiger partial charge is 0.478 e. The zero-order valence-electron chi connectivity index (χ0n) is 13.7. The third-order valence-corrected chi connectivity index (χ3v) is 5.59. The molecular formula is C19H21NO3S. The Labute approximate surface area is 145 Å². The number of carboxylic acids is 1. The van der Waals surface area contributed by atoms with Crippen LogP contribution in [-0.4, -0.2) is 28.4 Å². The van der Waals surface area contributed by atoms with Crippen molar-refractivity contribution < 1.29 is 14.7 Å². The minimum absolute atomic E-state index is 0.186. The van der Waals surface area contributed by atoms with E-state index in [1.165, 1.54) is 9.75 Å². The molecule has 0 saturated carbocycles. The summed E-state index contributed by atoms with van der Waals surface area (Å²) < 4.78 is 0. The number of thiophene rings is 1. The van der Waals surface area contributed by atoms with Gasteiger partial charge in [-0.05, 0) is 56.0 Å². The lowest BCUT2D eigenvalue weighted by atomic mass is 10.1. The molecule has 0 radical (unpaired) electrons. The van der Waals surface area contributed by atoms with Gasteiger partial charge in [0.25, 0.3) is 0 Å². The molecule has 3 rings (SSSR count). The van der Waals surface area contributed by atoms with Gasteiger partial charge in [0, 0.05) is 22.7 Å². The average molecular weight is 343 g/mol. The maximum atomic E-state index is 12.6. The van der Waals surface area contributed by atoms with Crippen molar-refractivity contribution in [1.82, 2.24) is 4.90 Å². The number of rotatable bonds is 5. The van der Waals surface area contributed by atoms with Crippen LogP contribution in [0.25, 0.3) is 0 Å². The first-order valence-electron chi connectivity index (χ1n) is 8.22. The van der Waals surface area contributed by atoms with Crippen LogP contribution in [-0.2, 0) is 11.2 Å². The molecule has 126 valence electrons. The Morgan fingerprint density at radius 2 is 1.96 bits per heavy atom. The van der Waals surface area contributed by atoms with E-state index in [-0.39, 0.29) is 17.5 Å². The molecule has 1 aliphatic rings. The number of carboxylic acid groups (broad SMARTS) is 1. The molecule has 0 aliphatic carbocycles. The monoisotopic (exact) mass is 343 g/mol. The molecule has 24 heavy (non-hydrogen) atoms. The zero-order valence-corrected chi connectivity index (χ0v) is 14.5. The predicted octanol–water partition coefficient (Wildman–Crippen LogP) is 4.05. The van der Waals surface area contributed by atoms with Crippen LogP contribution in [0, 0.1) is 6.92 Å². The molecule has 1 atom stereocenters. The standard InChI is InChI=1S/C19H21NO3S/c1-13-4-10-17(24-13)16-3-2-12-20(16)18(21)11-7-14-5-8-15(9-6-14)19(22)23/h4-6,8-10,16H,2-3,7,11-12H2,1H3,(H,22,23). The molecular weight excluding hydrogens is 322 g/mol. The van der Waals surface area contributed by atoms with Gasteiger partial charge in [-0.3, -0.25) is 4.79 Å². The van der Waals surface area contributed by atoms with Crippen molar-refractivity contribution in [2.45, 2.75) is 38.6 Å². The molecule has 1 unspecified atom stereocenters. The second-order valence-corrected chi connectivity index (χ2v) is 7.52. The van der Waals surface area contributed by atoms with Crippen molar-refractivity contribution in [3.05, 3.63) is 57.3 Å². The summed E-state index contributed by atoms with van der Waals surface area (Å²) in [5.41, 5.74) is 1.27. The van der Waals surface area contributed by atoms with E-state index in [0.29, 0.717) is 12.8 Å². The quantitative estimate of drug-likeness (QED) is 0.891. The molecule has 2 heterocycles. The van der Waals surface area contributed by atoms with Crippen LogP contribution in [0.3, 0.4) is 0 Å². The Kier molecular flexibility index (Phi) is 5.00. The lowest BCUT2D eigenvalue weighted by Gasteiger charge is -2.24. The van der Waals surface area contributed by atoms with Gasteiger partial charge < -0.3 is 10.0 Å². The minimum Gasteiger partial charge on any atom is -0.478 e. The van der Waals surface area contributed by atoms with Crippen molar-refractivity contribution in [1.29, 1.82) is 0 Å². The van der Waals surface area contributed by atoms with E-state index < -0.39 is 5.97 Å². The van der Waals surface area contributed by atoms with Gasteiger partial charge >= 0.3 is 5.97 Å². The number of amides is 1. The average Bonchev–Trinajstić information content (AvgIpc) is 3.21. The third kappa shape index (κ3) is 3.67. The van der Waals surface area contributed by atoms with E-state index in [0.717, 1.165) is 24.9 Å². The number of carbonyl (C=O) groups is 2. The van der Waals surface area contributed by atoms with Gasteiger partial charge in [0.15, 0.2) is 0 Å². The predicted molar refractivity (Wildman–Crippen MR) is 94.5 cm³/mol. The van der Waals surface area contributed by atoms with E-state index in [9.17, 15) is 9.59 Å². The van der Waals surface area contributed by atoms with Crippen LogP contribution in [0.1, 0.15) is 51.0 Å². The van der Waals surface area contributed by atoms with E-state index in [1.54, 1.807) is 35.6 Å². The second kappa shape index (κ2) is 7.18. The van der Waals surface area contributed by atoms with Gasteiger partial charge in [-0.15, -0.1) is 11.3 Å². The van der Waals surface area contributed by atoms with Crippen molar-refractivity contribution in [3.8, 4) is 0 Å². The van der Waals surface area contributed by atoms with Gasteiger partial charge in [-0.2, -0.15) is 0 Å². The molecule has 1 aromatic carbocycles. The highest BCUT2D eigenvalue weighted by Gasteiger charge is 2.30. The molecule has 2 aromatic rings. The van der Waals surface area contributed by atoms with E-state index in [1.807, 2.05) is 4.90 Å². The minimum atomic E-state index is -0.927. The molecule has 5 heteroatoms. The van der Waals surface area contributed by atoms with Crippen molar-refractivity contribution in [2.75, 3.05) is 6.54 Å². The summed E-state index contributed by atoms with van der Waals surface area (Å²) >= 11 is 1.78. The first kappa shape index (κ1) is 16.7. The fourth-order valence-corrected chi connectivity index (χ4v) is 4.23. The molecule has 1 saturated heterocycles. The summed E-state index contributed by atoms with van der Waals surface area (Å²) in [5, 5.41) is 8.92. The highest BCUT2D eigenvalue weighted by Crippen LogP contribution is 2.36. The Balaban J connectivity index is 1.60. The normalized spacial score (nSPS) is 17.2. The van der Waals surface area contributed by atoms with E-state index >= 15 is 0 Å². The van der Waals surface area contributed by atoms with Crippen LogP contribution in [0.5, 0.6) is 0 Å². The number of hydrogen-bond acceptors (Lipinski definition) is 3. The maximum absolute atomic E-state index is 12.6. The summed E-state index contributed by atoms with van der Waals surface area (Å²) in [5.74, 6) is -0.741. The highest BCUT2D eigenvalue weighted by atomic mass is 32.1. The first-order chi connectivity index (χ1) is 11.5. The summed E-state index contributed by atoms with van der Waals surface area (Å²) in [7, 11) is 0. The smallest absolute Gasteiger partial charge is 0.335 e. The molecule has 0 spiro atoms. The van der Waals surface area contributed by atoms with Gasteiger partial charge in [-0.25, -0.2) is 4.79 Å². The SMILES string of the molecule is Cc1ccc(C2CCCN2C(=O)CCc2ccc(C(=O)O)cc2)s1. The van der Waals surface area contributed by atoms with Crippen LogP contribution < -0.4 is 0 Å². The number of hydrogen-bond donors (Lipinski definition) is 1. The number of carbonyl (C=O) groups excluding carboxylic acids is 1. The molecule has 0 bridgehead atoms. The topological polar surface area (TPSA) is 57.6 Å². The summed E-state index contributed by atoms with van der Waals surface area (Å²) in [6, 6.07) is 11.3. The lowest BCUT2D eigenvalue weighted by molar-refractivity contribution is -0.132. The molecule has 1 N–H and O–H groups in total. The maximum Gasteiger partial charge on any atom is 0.335 e. The van der Waals surface area contributed by atoms with Gasteiger partial charge in [0.2, 0.25) is 5.91 Å². The highest BCUT2D eigenvalue weighted by molar-refractivity contribution is 7.12. The van der Waals surface area contributed by atoms with Crippen molar-refractivity contribution in [3.63, 3.8) is 0 Å². The van der Waals surface area contributed by atoms with Crippen molar-refractivity contribution in [2.24, 2.45) is 0 Å². The van der Waals surface area contributed by atoms with Crippen molar-refractivity contribution >= 4 is 23.2 Å². The zero-order chi connectivity index (χ0) is 17.1. The molecule has 1 aliphatic heterocycles. The van der Waals surface area contributed by atoms with Gasteiger partial charge in [-0.1, -0.05) is 12.1 Å². The Morgan fingerprint density at radius 3 is 2.58 bits per heavy atom. The number of likely N-dealkylation sites (tertiary alicyclic amines) is 1. The third-order valence-electron chi connectivity index (χ3n) is 4.49. The fourth-order valence-electron chi connectivity index (χ4n) is 3.20. The van der Waals surface area contributed by atoms with Crippen LogP contribution >= 0.6 is 11.3 Å². The number of benzene rings is 1. The van der Waals surface area contributed by atoms with E-state index in [2.05, 4.69) is 19.1 Å². The van der Waals surface area contributed by atoms with E-state index in [4.69, 9.17) is 5.11 Å². The summed E-state index contributed by atoms with van der Waals surface area (Å²) in [4.78, 5) is 28.1. The van der Waals surface area contributed by atoms with Crippen LogP contribution in [0.2, 0.25) is 0 Å². The molecule has 1 fully saturated rings. The second-order valence-electron chi connectivity index (χ2n) is 6.20. The van der Waals surface area contributed by atoms with Gasteiger partial charge in [0.05, 0.1) is 11.6 Å².